The Labute approximate surface area is 65.1 Å². The van der Waals surface area contributed by atoms with Gasteiger partial charge in [0, 0.05) is 18.9 Å². The van der Waals surface area contributed by atoms with Crippen molar-refractivity contribution in [1.29, 1.82) is 5.26 Å². The van der Waals surface area contributed by atoms with E-state index in [0.29, 0.717) is 5.95 Å². The van der Waals surface area contributed by atoms with E-state index in [4.69, 9.17) is 5.26 Å². The van der Waals surface area contributed by atoms with Crippen LogP contribution in [-0.2, 0) is 0 Å². The number of hydrogen-bond donors (Lipinski definition) is 0. The summed E-state index contributed by atoms with van der Waals surface area (Å²) in [7, 11) is 1.62. The van der Waals surface area contributed by atoms with Gasteiger partial charge in [-0.3, -0.25) is 4.90 Å². The van der Waals surface area contributed by atoms with Crippen LogP contribution in [0, 0.1) is 18.4 Å². The fourth-order valence-electron chi connectivity index (χ4n) is 0.642. The monoisotopic (exact) mass is 148 g/mol. The van der Waals surface area contributed by atoms with Gasteiger partial charge >= 0.3 is 0 Å². The molecule has 0 saturated heterocycles. The Kier molecular flexibility index (Phi) is 2.02. The predicted molar refractivity (Wildman–Crippen MR) is 40.8 cm³/mol. The summed E-state index contributed by atoms with van der Waals surface area (Å²) in [4.78, 5) is 9.25. The van der Waals surface area contributed by atoms with Gasteiger partial charge in [-0.1, -0.05) is 0 Å². The fourth-order valence-corrected chi connectivity index (χ4v) is 0.642. The van der Waals surface area contributed by atoms with Gasteiger partial charge in [0.25, 0.3) is 0 Å². The van der Waals surface area contributed by atoms with E-state index >= 15 is 0 Å². The van der Waals surface area contributed by atoms with Crippen molar-refractivity contribution in [2.75, 3.05) is 11.9 Å². The van der Waals surface area contributed by atoms with Crippen LogP contribution in [0.2, 0.25) is 0 Å². The minimum atomic E-state index is 0.438. The second-order valence-corrected chi connectivity index (χ2v) is 2.16. The third kappa shape index (κ3) is 1.64. The number of nitriles is 1. The van der Waals surface area contributed by atoms with Gasteiger partial charge < -0.3 is 0 Å². The predicted octanol–water partition coefficient (Wildman–Crippen LogP) is 0.702. The summed E-state index contributed by atoms with van der Waals surface area (Å²) in [5.41, 5.74) is 0.858. The van der Waals surface area contributed by atoms with Crippen LogP contribution in [0.25, 0.3) is 0 Å². The second-order valence-electron chi connectivity index (χ2n) is 2.16. The summed E-state index contributed by atoms with van der Waals surface area (Å²) in [5, 5.41) is 8.48. The van der Waals surface area contributed by atoms with Gasteiger partial charge in [0.15, 0.2) is 6.19 Å². The van der Waals surface area contributed by atoms with Crippen molar-refractivity contribution >= 4 is 5.95 Å². The zero-order valence-corrected chi connectivity index (χ0v) is 6.44. The van der Waals surface area contributed by atoms with Crippen LogP contribution in [-0.4, -0.2) is 17.0 Å². The maximum absolute atomic E-state index is 8.48. The summed E-state index contributed by atoms with van der Waals surface area (Å²) in [6.45, 7) is 1.86. The Morgan fingerprint density at radius 1 is 1.64 bits per heavy atom. The minimum absolute atomic E-state index is 0.438. The molecule has 1 heterocycles. The molecule has 4 heteroatoms. The molecule has 0 fully saturated rings. The third-order valence-electron chi connectivity index (χ3n) is 1.23. The quantitative estimate of drug-likeness (QED) is 0.434. The first-order valence-corrected chi connectivity index (χ1v) is 3.17. The van der Waals surface area contributed by atoms with E-state index < -0.39 is 0 Å². The first-order chi connectivity index (χ1) is 5.24. The normalized spacial score (nSPS) is 8.82. The molecule has 0 aliphatic carbocycles. The molecule has 0 unspecified atom stereocenters. The van der Waals surface area contributed by atoms with Gasteiger partial charge in [-0.2, -0.15) is 5.26 Å². The van der Waals surface area contributed by atoms with Crippen molar-refractivity contribution in [3.05, 3.63) is 18.0 Å². The smallest absolute Gasteiger partial charge is 0.238 e. The number of hydrogen-bond acceptors (Lipinski definition) is 4. The maximum atomic E-state index is 8.48. The summed E-state index contributed by atoms with van der Waals surface area (Å²) < 4.78 is 0. The van der Waals surface area contributed by atoms with E-state index in [9.17, 15) is 0 Å². The number of nitrogens with zero attached hydrogens (tertiary/aromatic N) is 4. The van der Waals surface area contributed by atoms with Crippen LogP contribution in [0.5, 0.6) is 0 Å². The van der Waals surface area contributed by atoms with Crippen molar-refractivity contribution in [1.82, 2.24) is 9.97 Å². The van der Waals surface area contributed by atoms with E-state index in [1.54, 1.807) is 19.3 Å². The zero-order chi connectivity index (χ0) is 8.27. The molecular formula is C7H8N4. The number of aryl methyl sites for hydroxylation is 1. The van der Waals surface area contributed by atoms with E-state index in [1.165, 1.54) is 4.90 Å². The zero-order valence-electron chi connectivity index (χ0n) is 6.44. The third-order valence-corrected chi connectivity index (χ3v) is 1.23. The molecule has 1 rings (SSSR count). The molecule has 0 amide bonds. The molecule has 11 heavy (non-hydrogen) atoms. The summed E-state index contributed by atoms with van der Waals surface area (Å²) in [6.07, 6.45) is 3.55. The molecule has 0 N–H and O–H groups in total. The molecule has 1 aromatic rings. The van der Waals surface area contributed by atoms with E-state index in [0.717, 1.165) is 5.69 Å². The van der Waals surface area contributed by atoms with Gasteiger partial charge in [-0.05, 0) is 13.0 Å². The second kappa shape index (κ2) is 2.97. The lowest BCUT2D eigenvalue weighted by Crippen LogP contribution is -2.11. The van der Waals surface area contributed by atoms with E-state index in [1.807, 2.05) is 13.1 Å². The maximum Gasteiger partial charge on any atom is 0.238 e. The molecule has 0 spiro atoms. The van der Waals surface area contributed by atoms with Crippen LogP contribution in [0.1, 0.15) is 5.69 Å². The van der Waals surface area contributed by atoms with Gasteiger partial charge in [0.1, 0.15) is 0 Å². The van der Waals surface area contributed by atoms with Gasteiger partial charge in [0.2, 0.25) is 5.95 Å². The standard InChI is InChI=1S/C7H8N4/c1-6-3-4-9-7(10-6)11(2)5-8/h3-4H,1-2H3. The Morgan fingerprint density at radius 3 is 2.91 bits per heavy atom. The summed E-state index contributed by atoms with van der Waals surface area (Å²) >= 11 is 0. The highest BCUT2D eigenvalue weighted by atomic mass is 15.2. The van der Waals surface area contributed by atoms with Crippen LogP contribution in [0.15, 0.2) is 12.3 Å². The summed E-state index contributed by atoms with van der Waals surface area (Å²) in [6, 6.07) is 1.79. The highest BCUT2D eigenvalue weighted by Crippen LogP contribution is 2.02. The lowest BCUT2D eigenvalue weighted by Gasteiger charge is -2.04. The largest absolute Gasteiger partial charge is 0.250 e. The first kappa shape index (κ1) is 7.48. The average molecular weight is 148 g/mol. The molecule has 0 radical (unpaired) electrons. The van der Waals surface area contributed by atoms with Gasteiger partial charge in [-0.25, -0.2) is 9.97 Å². The van der Waals surface area contributed by atoms with Crippen LogP contribution >= 0.6 is 0 Å². The molecular weight excluding hydrogens is 140 g/mol. The van der Waals surface area contributed by atoms with Gasteiger partial charge in [0.05, 0.1) is 0 Å². The SMILES string of the molecule is Cc1ccnc(N(C)C#N)n1. The number of rotatable bonds is 1. The molecule has 0 atom stereocenters. The van der Waals surface area contributed by atoms with Crippen LogP contribution in [0.3, 0.4) is 0 Å². The minimum Gasteiger partial charge on any atom is -0.250 e. The Bertz CT molecular complexity index is 289. The topological polar surface area (TPSA) is 52.8 Å². The highest BCUT2D eigenvalue weighted by Gasteiger charge is 2.00. The molecule has 0 saturated carbocycles. The Balaban J connectivity index is 2.98. The van der Waals surface area contributed by atoms with Crippen molar-refractivity contribution in [3.8, 4) is 6.19 Å². The molecule has 0 aliphatic heterocycles. The van der Waals surface area contributed by atoms with E-state index in [-0.39, 0.29) is 0 Å². The van der Waals surface area contributed by atoms with E-state index in [2.05, 4.69) is 9.97 Å². The first-order valence-electron chi connectivity index (χ1n) is 3.17. The van der Waals surface area contributed by atoms with Crippen molar-refractivity contribution in [2.45, 2.75) is 6.92 Å². The van der Waals surface area contributed by atoms with Crippen molar-refractivity contribution in [3.63, 3.8) is 0 Å². The van der Waals surface area contributed by atoms with Crippen molar-refractivity contribution in [2.24, 2.45) is 0 Å². The Hall–Kier alpha value is -1.63. The molecule has 4 nitrogen and oxygen atoms in total. The van der Waals surface area contributed by atoms with Crippen LogP contribution in [0.4, 0.5) is 5.95 Å². The Morgan fingerprint density at radius 2 is 2.36 bits per heavy atom. The molecule has 0 aliphatic rings. The van der Waals surface area contributed by atoms with Gasteiger partial charge in [-0.15, -0.1) is 0 Å². The average Bonchev–Trinajstić information content (AvgIpc) is 2.03. The summed E-state index contributed by atoms with van der Waals surface area (Å²) in [5.74, 6) is 0.438. The number of anilines is 1. The lowest BCUT2D eigenvalue weighted by atomic mass is 10.5. The molecule has 1 aromatic heterocycles. The molecule has 56 valence electrons. The fraction of sp³-hybridized carbons (Fsp3) is 0.286. The van der Waals surface area contributed by atoms with Crippen molar-refractivity contribution < 1.29 is 0 Å². The lowest BCUT2D eigenvalue weighted by molar-refractivity contribution is 1.01. The molecule has 0 aromatic carbocycles. The van der Waals surface area contributed by atoms with Crippen LogP contribution < -0.4 is 4.90 Å². The molecule has 0 bridgehead atoms. The highest BCUT2D eigenvalue weighted by molar-refractivity contribution is 5.33. The number of aromatic nitrogens is 2.